The number of fused-ring (bicyclic) bond motifs is 1. The van der Waals surface area contributed by atoms with E-state index < -0.39 is 0 Å². The van der Waals surface area contributed by atoms with Crippen LogP contribution in [0.5, 0.6) is 5.75 Å². The van der Waals surface area contributed by atoms with Gasteiger partial charge in [0.15, 0.2) is 0 Å². The number of likely N-dealkylation sites (tertiary alicyclic amines) is 1. The number of nitrogens with zero attached hydrogens (tertiary/aromatic N) is 2. The van der Waals surface area contributed by atoms with Gasteiger partial charge < -0.3 is 9.47 Å². The van der Waals surface area contributed by atoms with Crippen LogP contribution in [0.3, 0.4) is 0 Å². The Morgan fingerprint density at radius 3 is 2.81 bits per heavy atom. The molecule has 6 heteroatoms. The number of hydrogen-bond acceptors (Lipinski definition) is 5. The molecule has 1 aromatic heterocycles. The van der Waals surface area contributed by atoms with Crippen LogP contribution in [0.4, 0.5) is 0 Å². The van der Waals surface area contributed by atoms with Crippen molar-refractivity contribution < 1.29 is 14.3 Å². The molecule has 36 heavy (non-hydrogen) atoms. The van der Waals surface area contributed by atoms with Gasteiger partial charge in [-0.1, -0.05) is 36.4 Å². The topological polar surface area (TPSA) is 67.5 Å². The van der Waals surface area contributed by atoms with E-state index in [-0.39, 0.29) is 12.6 Å². The lowest BCUT2D eigenvalue weighted by Crippen LogP contribution is -2.35. The molecule has 1 atom stereocenters. The zero-order chi connectivity index (χ0) is 24.7. The normalized spacial score (nSPS) is 16.2. The molecule has 186 valence electrons. The van der Waals surface area contributed by atoms with Gasteiger partial charge >= 0.3 is 5.97 Å². The standard InChI is InChI=1S/C30H33N3O3/c1-22-9-10-25(18-29(22)35-14-15-36-30(34)26-7-3-2-4-8-26)21-33-13-5-6-24(20-33)16-23-11-12-28-27(17-23)19-31-32-28/h2-4,7-12,17-19,24H,5-6,13-16,20-21H2,1H3,(H,31,32)/t24-/m0/s1. The molecule has 0 amide bonds. The number of piperidine rings is 1. The van der Waals surface area contributed by atoms with E-state index >= 15 is 0 Å². The van der Waals surface area contributed by atoms with Crippen molar-refractivity contribution in [3.05, 3.63) is 95.2 Å². The molecule has 1 fully saturated rings. The summed E-state index contributed by atoms with van der Waals surface area (Å²) in [5.41, 5.74) is 5.36. The molecule has 0 saturated carbocycles. The Hall–Kier alpha value is -3.64. The summed E-state index contributed by atoms with van der Waals surface area (Å²) in [4.78, 5) is 14.7. The molecule has 2 heterocycles. The minimum Gasteiger partial charge on any atom is -0.490 e. The largest absolute Gasteiger partial charge is 0.490 e. The van der Waals surface area contributed by atoms with Crippen molar-refractivity contribution in [1.82, 2.24) is 15.1 Å². The van der Waals surface area contributed by atoms with Gasteiger partial charge in [0, 0.05) is 18.5 Å². The van der Waals surface area contributed by atoms with Crippen LogP contribution in [0.15, 0.2) is 72.9 Å². The third-order valence-corrected chi connectivity index (χ3v) is 6.87. The predicted octanol–water partition coefficient (Wildman–Crippen LogP) is 5.56. The fourth-order valence-corrected chi connectivity index (χ4v) is 5.01. The number of aromatic amines is 1. The number of H-pyrrole nitrogens is 1. The zero-order valence-electron chi connectivity index (χ0n) is 20.8. The molecule has 0 bridgehead atoms. The lowest BCUT2D eigenvalue weighted by molar-refractivity contribution is 0.0450. The fourth-order valence-electron chi connectivity index (χ4n) is 5.01. The Morgan fingerprint density at radius 2 is 1.92 bits per heavy atom. The van der Waals surface area contributed by atoms with Crippen LogP contribution in [0.1, 0.15) is 39.9 Å². The Morgan fingerprint density at radius 1 is 1.06 bits per heavy atom. The van der Waals surface area contributed by atoms with E-state index in [4.69, 9.17) is 9.47 Å². The molecule has 0 spiro atoms. The Kier molecular flexibility index (Phi) is 7.62. The van der Waals surface area contributed by atoms with E-state index in [9.17, 15) is 4.79 Å². The number of nitrogens with one attached hydrogen (secondary N) is 1. The zero-order valence-corrected chi connectivity index (χ0v) is 20.8. The fraction of sp³-hybridized carbons (Fsp3) is 0.333. The molecule has 6 nitrogen and oxygen atoms in total. The van der Waals surface area contributed by atoms with E-state index in [1.54, 1.807) is 12.1 Å². The van der Waals surface area contributed by atoms with E-state index in [1.165, 1.54) is 29.4 Å². The first-order chi connectivity index (χ1) is 17.6. The number of aromatic nitrogens is 2. The number of ether oxygens (including phenoxy) is 2. The van der Waals surface area contributed by atoms with E-state index in [1.807, 2.05) is 31.3 Å². The van der Waals surface area contributed by atoms with Crippen LogP contribution in [0.25, 0.3) is 10.9 Å². The molecule has 1 aliphatic heterocycles. The number of carbonyl (C=O) groups excluding carboxylic acids is 1. The van der Waals surface area contributed by atoms with Crippen LogP contribution in [0, 0.1) is 12.8 Å². The number of aryl methyl sites for hydroxylation is 1. The summed E-state index contributed by atoms with van der Waals surface area (Å²) in [6, 6.07) is 22.1. The number of carbonyl (C=O) groups is 1. The number of esters is 1. The molecule has 1 aliphatic rings. The van der Waals surface area contributed by atoms with Gasteiger partial charge in [-0.05, 0) is 85.7 Å². The molecule has 0 radical (unpaired) electrons. The van der Waals surface area contributed by atoms with Crippen molar-refractivity contribution in [2.75, 3.05) is 26.3 Å². The van der Waals surface area contributed by atoms with Crippen molar-refractivity contribution in [2.24, 2.45) is 5.92 Å². The van der Waals surface area contributed by atoms with Gasteiger partial charge in [-0.2, -0.15) is 5.10 Å². The summed E-state index contributed by atoms with van der Waals surface area (Å²) in [7, 11) is 0. The second-order valence-corrected chi connectivity index (χ2v) is 9.69. The lowest BCUT2D eigenvalue weighted by atomic mass is 9.90. The van der Waals surface area contributed by atoms with Crippen LogP contribution >= 0.6 is 0 Å². The summed E-state index contributed by atoms with van der Waals surface area (Å²) in [5, 5.41) is 8.35. The highest BCUT2D eigenvalue weighted by atomic mass is 16.6. The molecule has 3 aromatic carbocycles. The number of hydrogen-bond donors (Lipinski definition) is 1. The van der Waals surface area contributed by atoms with Crippen LogP contribution < -0.4 is 4.74 Å². The van der Waals surface area contributed by atoms with Crippen molar-refractivity contribution in [3.8, 4) is 5.75 Å². The highest BCUT2D eigenvalue weighted by Crippen LogP contribution is 2.26. The molecule has 4 aromatic rings. The molecule has 0 unspecified atom stereocenters. The molecular formula is C30H33N3O3. The van der Waals surface area contributed by atoms with Crippen LogP contribution in [-0.2, 0) is 17.7 Å². The van der Waals surface area contributed by atoms with Gasteiger partial charge in [-0.3, -0.25) is 10.00 Å². The molecule has 0 aliphatic carbocycles. The quantitative estimate of drug-likeness (QED) is 0.249. The minimum atomic E-state index is -0.325. The first-order valence-electron chi connectivity index (χ1n) is 12.7. The summed E-state index contributed by atoms with van der Waals surface area (Å²) in [5.74, 6) is 1.18. The van der Waals surface area contributed by atoms with E-state index in [0.717, 1.165) is 42.9 Å². The first kappa shape index (κ1) is 24.1. The first-order valence-corrected chi connectivity index (χ1v) is 12.7. The van der Waals surface area contributed by atoms with Crippen LogP contribution in [0.2, 0.25) is 0 Å². The molecule has 1 N–H and O–H groups in total. The lowest BCUT2D eigenvalue weighted by Gasteiger charge is -2.33. The van der Waals surface area contributed by atoms with Gasteiger partial charge in [0.1, 0.15) is 19.0 Å². The highest BCUT2D eigenvalue weighted by molar-refractivity contribution is 5.89. The average Bonchev–Trinajstić information content (AvgIpc) is 3.37. The van der Waals surface area contributed by atoms with Gasteiger partial charge in [-0.15, -0.1) is 0 Å². The summed E-state index contributed by atoms with van der Waals surface area (Å²) in [6.07, 6.45) is 5.49. The van der Waals surface area contributed by atoms with Crippen molar-refractivity contribution in [2.45, 2.75) is 32.7 Å². The smallest absolute Gasteiger partial charge is 0.338 e. The highest BCUT2D eigenvalue weighted by Gasteiger charge is 2.21. The third kappa shape index (κ3) is 6.13. The monoisotopic (exact) mass is 483 g/mol. The third-order valence-electron chi connectivity index (χ3n) is 6.87. The average molecular weight is 484 g/mol. The van der Waals surface area contributed by atoms with E-state index in [0.29, 0.717) is 18.1 Å². The maximum atomic E-state index is 12.1. The maximum Gasteiger partial charge on any atom is 0.338 e. The van der Waals surface area contributed by atoms with Gasteiger partial charge in [-0.25, -0.2) is 4.79 Å². The molecular weight excluding hydrogens is 450 g/mol. The second kappa shape index (κ2) is 11.4. The van der Waals surface area contributed by atoms with E-state index in [2.05, 4.69) is 51.5 Å². The second-order valence-electron chi connectivity index (χ2n) is 9.69. The number of rotatable bonds is 9. The number of benzene rings is 3. The molecule has 5 rings (SSSR count). The predicted molar refractivity (Wildman–Crippen MR) is 141 cm³/mol. The SMILES string of the molecule is Cc1ccc(CN2CCC[C@@H](Cc3ccc4[nH]ncc4c3)C2)cc1OCCOC(=O)c1ccccc1. The summed E-state index contributed by atoms with van der Waals surface area (Å²) >= 11 is 0. The maximum absolute atomic E-state index is 12.1. The van der Waals surface area contributed by atoms with Gasteiger partial charge in [0.25, 0.3) is 0 Å². The minimum absolute atomic E-state index is 0.218. The van der Waals surface area contributed by atoms with Gasteiger partial charge in [0.2, 0.25) is 0 Å². The van der Waals surface area contributed by atoms with Crippen molar-refractivity contribution >= 4 is 16.9 Å². The summed E-state index contributed by atoms with van der Waals surface area (Å²) in [6.45, 7) is 5.73. The Bertz CT molecular complexity index is 1300. The van der Waals surface area contributed by atoms with Crippen molar-refractivity contribution in [1.29, 1.82) is 0 Å². The van der Waals surface area contributed by atoms with Crippen LogP contribution in [-0.4, -0.2) is 47.4 Å². The Labute approximate surface area is 212 Å². The molecule has 1 saturated heterocycles. The Balaban J connectivity index is 1.12. The van der Waals surface area contributed by atoms with Gasteiger partial charge in [0.05, 0.1) is 17.3 Å². The summed E-state index contributed by atoms with van der Waals surface area (Å²) < 4.78 is 11.3. The van der Waals surface area contributed by atoms with Crippen molar-refractivity contribution in [3.63, 3.8) is 0 Å².